The Bertz CT molecular complexity index is 1130. The number of nitrogens with one attached hydrogen (secondary N) is 1. The van der Waals surface area contributed by atoms with Gasteiger partial charge in [0, 0.05) is 23.8 Å². The maximum Gasteiger partial charge on any atom is 1.00 e. The van der Waals surface area contributed by atoms with E-state index in [1.807, 2.05) is 0 Å². The number of anilines is 1. The predicted molar refractivity (Wildman–Crippen MR) is 108 cm³/mol. The molecule has 0 bridgehead atoms. The van der Waals surface area contributed by atoms with Gasteiger partial charge in [-0.3, -0.25) is 9.11 Å². The van der Waals surface area contributed by atoms with E-state index in [2.05, 4.69) is 20.5 Å². The molecule has 1 aromatic carbocycles. The molecule has 2 aromatic rings. The zero-order valence-corrected chi connectivity index (χ0v) is 26.0. The summed E-state index contributed by atoms with van der Waals surface area (Å²) in [5.41, 5.74) is 0.00343. The van der Waals surface area contributed by atoms with E-state index in [0.29, 0.717) is 5.13 Å². The summed E-state index contributed by atoms with van der Waals surface area (Å²) < 4.78 is 62.4. The van der Waals surface area contributed by atoms with E-state index >= 15 is 0 Å². The van der Waals surface area contributed by atoms with Crippen LogP contribution in [0.2, 0.25) is 0 Å². The Hall–Kier alpha value is 0.540. The minimum Gasteiger partial charge on any atom is -1.00 e. The van der Waals surface area contributed by atoms with E-state index in [1.165, 1.54) is 35.7 Å². The molecule has 0 aliphatic carbocycles. The zero-order chi connectivity index (χ0) is 21.7. The number of nitrogens with zero attached hydrogens (tertiary/aromatic N) is 3. The molecule has 1 heterocycles. The molecule has 0 radical (unpaired) electrons. The van der Waals surface area contributed by atoms with Crippen molar-refractivity contribution < 1.29 is 129 Å². The van der Waals surface area contributed by atoms with Crippen LogP contribution in [-0.2, 0) is 20.2 Å². The van der Waals surface area contributed by atoms with Gasteiger partial charge in [-0.25, -0.2) is 9.78 Å². The third kappa shape index (κ3) is 12.3. The fourth-order valence-electron chi connectivity index (χ4n) is 2.13. The normalized spacial score (nSPS) is 12.2. The standard InChI is InChI=1S/C14H16N4O8S3.3Na.3H/c19-13(20)11-7-9(1-2-12(11)17-18-14-15-4-5-27-14)16-8-10(29(24,25)26)3-6-28(21,22)23;;;;;;/h1-2,4-5,7,10,16H,3,6,8H2,(H,19,20)(H,21,22,23)(H,24,25,26);;;;;;/q;3*+1;3*-1. The third-order valence-electron chi connectivity index (χ3n) is 3.54. The number of hydrogen-bond donors (Lipinski definition) is 4. The second-order valence-electron chi connectivity index (χ2n) is 5.64. The molecular formula is C14H19N4Na3O8S3. The molecule has 18 heteroatoms. The molecule has 0 saturated carbocycles. The molecule has 0 saturated heterocycles. The number of aromatic nitrogens is 1. The fraction of sp³-hybridized carbons (Fsp3) is 0.286. The predicted octanol–water partition coefficient (Wildman–Crippen LogP) is -6.45. The minimum absolute atomic E-state index is 0. The Balaban J connectivity index is -0.000000500. The molecular weight excluding hydrogens is 517 g/mol. The van der Waals surface area contributed by atoms with Crippen LogP contribution in [0.5, 0.6) is 0 Å². The smallest absolute Gasteiger partial charge is 1.00 e. The molecule has 0 fully saturated rings. The van der Waals surface area contributed by atoms with Gasteiger partial charge in [-0.05, 0) is 24.6 Å². The Morgan fingerprint density at radius 3 is 2.31 bits per heavy atom. The topological polar surface area (TPSA) is 196 Å². The summed E-state index contributed by atoms with van der Waals surface area (Å²) in [5, 5.41) is 20.1. The van der Waals surface area contributed by atoms with Gasteiger partial charge in [-0.1, -0.05) is 0 Å². The van der Waals surface area contributed by atoms with Crippen molar-refractivity contribution in [3.8, 4) is 0 Å². The molecule has 2 rings (SSSR count). The van der Waals surface area contributed by atoms with Crippen LogP contribution in [0.3, 0.4) is 0 Å². The van der Waals surface area contributed by atoms with Gasteiger partial charge in [0.05, 0.1) is 11.3 Å². The van der Waals surface area contributed by atoms with Crippen LogP contribution in [0, 0.1) is 0 Å². The molecule has 0 aliphatic rings. The van der Waals surface area contributed by atoms with Crippen molar-refractivity contribution >= 4 is 54.0 Å². The molecule has 164 valence electrons. The van der Waals surface area contributed by atoms with E-state index < -0.39 is 50.2 Å². The fourth-order valence-corrected chi connectivity index (χ4v) is 4.03. The van der Waals surface area contributed by atoms with Crippen LogP contribution in [0.4, 0.5) is 16.5 Å². The van der Waals surface area contributed by atoms with Gasteiger partial charge in [0.1, 0.15) is 10.9 Å². The summed E-state index contributed by atoms with van der Waals surface area (Å²) in [7, 11) is -9.04. The van der Waals surface area contributed by atoms with Crippen molar-refractivity contribution in [3.63, 3.8) is 0 Å². The number of hydrogen-bond acceptors (Lipinski definition) is 10. The van der Waals surface area contributed by atoms with Crippen LogP contribution in [0.25, 0.3) is 0 Å². The maximum atomic E-state index is 11.5. The van der Waals surface area contributed by atoms with Crippen molar-refractivity contribution in [2.45, 2.75) is 11.7 Å². The van der Waals surface area contributed by atoms with Gasteiger partial charge in [0.15, 0.2) is 0 Å². The molecule has 4 N–H and O–H groups in total. The Morgan fingerprint density at radius 2 is 1.81 bits per heavy atom. The van der Waals surface area contributed by atoms with Gasteiger partial charge in [-0.2, -0.15) is 16.8 Å². The van der Waals surface area contributed by atoms with Crippen molar-refractivity contribution in [2.24, 2.45) is 10.2 Å². The number of carbonyl (C=O) groups is 1. The van der Waals surface area contributed by atoms with Gasteiger partial charge in [0.2, 0.25) is 5.13 Å². The maximum absolute atomic E-state index is 11.5. The molecule has 1 atom stereocenters. The van der Waals surface area contributed by atoms with Gasteiger partial charge in [-0.15, -0.1) is 21.6 Å². The van der Waals surface area contributed by atoms with Crippen LogP contribution >= 0.6 is 11.3 Å². The second-order valence-corrected chi connectivity index (χ2v) is 9.79. The summed E-state index contributed by atoms with van der Waals surface area (Å²) in [6.45, 7) is -0.423. The van der Waals surface area contributed by atoms with Crippen LogP contribution < -0.4 is 94.0 Å². The summed E-state index contributed by atoms with van der Waals surface area (Å²) in [4.78, 5) is 15.4. The quantitative estimate of drug-likeness (QED) is 0.129. The molecule has 0 aliphatic heterocycles. The van der Waals surface area contributed by atoms with E-state index in [9.17, 15) is 31.3 Å². The molecule has 0 spiro atoms. The first kappa shape index (κ1) is 34.7. The summed E-state index contributed by atoms with van der Waals surface area (Å²) in [5.74, 6) is -2.17. The Labute approximate surface area is 259 Å². The summed E-state index contributed by atoms with van der Waals surface area (Å²) in [6, 6.07) is 3.93. The van der Waals surface area contributed by atoms with Crippen molar-refractivity contribution in [1.29, 1.82) is 0 Å². The van der Waals surface area contributed by atoms with Gasteiger partial charge in [0.25, 0.3) is 20.2 Å². The Morgan fingerprint density at radius 1 is 1.16 bits per heavy atom. The SMILES string of the molecule is O=C(O)c1cc(NCC(CCS(=O)(=O)O)S(=O)(=O)O)ccc1N=Nc1nccs1.[H-].[H-].[H-].[Na+].[Na+].[Na+]. The second kappa shape index (κ2) is 15.5. The molecule has 32 heavy (non-hydrogen) atoms. The average molecular weight is 536 g/mol. The van der Waals surface area contributed by atoms with Crippen molar-refractivity contribution in [3.05, 3.63) is 35.3 Å². The molecule has 0 amide bonds. The van der Waals surface area contributed by atoms with Crippen LogP contribution in [0.15, 0.2) is 40.0 Å². The molecule has 1 unspecified atom stereocenters. The third-order valence-corrected chi connectivity index (χ3v) is 6.19. The van der Waals surface area contributed by atoms with Crippen molar-refractivity contribution in [2.75, 3.05) is 17.6 Å². The first-order valence-corrected chi connectivity index (χ1v) is 11.8. The molecule has 1 aromatic heterocycles. The van der Waals surface area contributed by atoms with E-state index in [0.717, 1.165) is 0 Å². The number of azo groups is 1. The monoisotopic (exact) mass is 536 g/mol. The van der Waals surface area contributed by atoms with E-state index in [-0.39, 0.29) is 110 Å². The first-order valence-electron chi connectivity index (χ1n) is 7.79. The Kier molecular flexibility index (Phi) is 16.8. The first-order chi connectivity index (χ1) is 13.5. The largest absolute Gasteiger partial charge is 1.00 e. The van der Waals surface area contributed by atoms with E-state index in [1.54, 1.807) is 5.38 Å². The number of thiazole rings is 1. The number of carboxylic acids is 1. The van der Waals surface area contributed by atoms with Gasteiger partial charge >= 0.3 is 94.6 Å². The van der Waals surface area contributed by atoms with E-state index in [4.69, 9.17) is 4.55 Å². The molecule has 12 nitrogen and oxygen atoms in total. The van der Waals surface area contributed by atoms with Crippen LogP contribution in [-0.4, -0.2) is 59.5 Å². The number of aromatic carboxylic acids is 1. The minimum atomic E-state index is -4.62. The summed E-state index contributed by atoms with van der Waals surface area (Å²) in [6.07, 6.45) is 0.953. The zero-order valence-electron chi connectivity index (χ0n) is 20.5. The van der Waals surface area contributed by atoms with Crippen molar-refractivity contribution in [1.82, 2.24) is 4.98 Å². The number of benzene rings is 1. The number of carboxylic acid groups (broad SMARTS) is 1. The average Bonchev–Trinajstić information content (AvgIpc) is 3.11. The van der Waals surface area contributed by atoms with Gasteiger partial charge < -0.3 is 14.7 Å². The number of rotatable bonds is 10. The van der Waals surface area contributed by atoms with Crippen LogP contribution in [0.1, 0.15) is 21.1 Å². The summed E-state index contributed by atoms with van der Waals surface area (Å²) >= 11 is 1.21.